The van der Waals surface area contributed by atoms with Gasteiger partial charge in [0.2, 0.25) is 0 Å². The molecule has 0 radical (unpaired) electrons. The van der Waals surface area contributed by atoms with Crippen LogP contribution in [0, 0.1) is 0 Å². The van der Waals surface area contributed by atoms with Crippen molar-refractivity contribution in [3.63, 3.8) is 0 Å². The minimum Gasteiger partial charge on any atom is -0.478 e. The number of benzene rings is 2. The van der Waals surface area contributed by atoms with Gasteiger partial charge in [-0.1, -0.05) is 12.1 Å². The van der Waals surface area contributed by atoms with E-state index in [2.05, 4.69) is 4.98 Å². The lowest BCUT2D eigenvalue weighted by Gasteiger charge is -2.01. The number of fused-ring (bicyclic) bond motifs is 1. The smallest absolute Gasteiger partial charge is 0.335 e. The van der Waals surface area contributed by atoms with Crippen LogP contribution in [-0.4, -0.2) is 16.1 Å². The fourth-order valence-corrected chi connectivity index (χ4v) is 2.17. The van der Waals surface area contributed by atoms with E-state index in [1.54, 1.807) is 24.3 Å². The summed E-state index contributed by atoms with van der Waals surface area (Å²) in [6.07, 6.45) is 1.90. The van der Waals surface area contributed by atoms with Crippen molar-refractivity contribution < 1.29 is 9.90 Å². The van der Waals surface area contributed by atoms with Crippen molar-refractivity contribution in [1.82, 2.24) is 4.98 Å². The van der Waals surface area contributed by atoms with Gasteiger partial charge in [-0.25, -0.2) is 4.79 Å². The van der Waals surface area contributed by atoms with Gasteiger partial charge in [0, 0.05) is 28.4 Å². The van der Waals surface area contributed by atoms with Gasteiger partial charge < -0.3 is 15.8 Å². The molecule has 0 atom stereocenters. The molecule has 3 aromatic rings. The van der Waals surface area contributed by atoms with Crippen molar-refractivity contribution in [2.24, 2.45) is 0 Å². The van der Waals surface area contributed by atoms with Crippen LogP contribution in [-0.2, 0) is 0 Å². The first-order chi connectivity index (χ1) is 9.15. The number of aromatic carboxylic acids is 1. The highest BCUT2D eigenvalue weighted by molar-refractivity contribution is 5.97. The Bertz CT molecular complexity index is 757. The lowest BCUT2D eigenvalue weighted by molar-refractivity contribution is 0.0697. The number of nitrogen functional groups attached to an aromatic ring is 1. The van der Waals surface area contributed by atoms with Crippen LogP contribution in [0.1, 0.15) is 10.4 Å². The Morgan fingerprint density at radius 3 is 2.53 bits per heavy atom. The van der Waals surface area contributed by atoms with Gasteiger partial charge in [0.25, 0.3) is 0 Å². The van der Waals surface area contributed by atoms with E-state index in [9.17, 15) is 4.79 Å². The van der Waals surface area contributed by atoms with Gasteiger partial charge in [-0.2, -0.15) is 0 Å². The molecule has 94 valence electrons. The first kappa shape index (κ1) is 11.3. The van der Waals surface area contributed by atoms with Crippen molar-refractivity contribution in [2.45, 2.75) is 0 Å². The molecule has 4 nitrogen and oxygen atoms in total. The molecule has 0 amide bonds. The second kappa shape index (κ2) is 4.17. The first-order valence-electron chi connectivity index (χ1n) is 5.85. The summed E-state index contributed by atoms with van der Waals surface area (Å²) in [6.45, 7) is 0. The Labute approximate surface area is 109 Å². The number of carbonyl (C=O) groups is 1. The lowest BCUT2D eigenvalue weighted by atomic mass is 10.0. The summed E-state index contributed by atoms with van der Waals surface area (Å²) >= 11 is 0. The van der Waals surface area contributed by atoms with Gasteiger partial charge in [0.15, 0.2) is 0 Å². The number of carboxylic acids is 1. The third-order valence-electron chi connectivity index (χ3n) is 3.15. The highest BCUT2D eigenvalue weighted by atomic mass is 16.4. The molecule has 0 aliphatic heterocycles. The Kier molecular flexibility index (Phi) is 2.49. The van der Waals surface area contributed by atoms with Crippen LogP contribution in [0.15, 0.2) is 48.7 Å². The third kappa shape index (κ3) is 1.93. The predicted molar refractivity (Wildman–Crippen MR) is 75.1 cm³/mol. The van der Waals surface area contributed by atoms with Gasteiger partial charge in [0.1, 0.15) is 0 Å². The normalized spacial score (nSPS) is 10.7. The second-order valence-corrected chi connectivity index (χ2v) is 4.39. The molecule has 4 N–H and O–H groups in total. The number of nitrogens with one attached hydrogen (secondary N) is 1. The van der Waals surface area contributed by atoms with E-state index in [0.29, 0.717) is 5.69 Å². The summed E-state index contributed by atoms with van der Waals surface area (Å²) in [5, 5.41) is 9.92. The number of anilines is 1. The van der Waals surface area contributed by atoms with E-state index in [1.807, 2.05) is 24.4 Å². The summed E-state index contributed by atoms with van der Waals surface area (Å²) in [5.41, 5.74) is 9.77. The Morgan fingerprint density at radius 2 is 1.84 bits per heavy atom. The molecule has 19 heavy (non-hydrogen) atoms. The maximum absolute atomic E-state index is 10.8. The van der Waals surface area contributed by atoms with Gasteiger partial charge in [-0.15, -0.1) is 0 Å². The molecule has 0 saturated carbocycles. The quantitative estimate of drug-likeness (QED) is 0.613. The molecule has 0 saturated heterocycles. The van der Waals surface area contributed by atoms with Crippen molar-refractivity contribution >= 4 is 22.6 Å². The van der Waals surface area contributed by atoms with E-state index < -0.39 is 5.97 Å². The molecular weight excluding hydrogens is 240 g/mol. The monoisotopic (exact) mass is 252 g/mol. The molecule has 0 fully saturated rings. The predicted octanol–water partition coefficient (Wildman–Crippen LogP) is 3.12. The van der Waals surface area contributed by atoms with Crippen LogP contribution in [0.2, 0.25) is 0 Å². The van der Waals surface area contributed by atoms with Gasteiger partial charge in [-0.05, 0) is 35.9 Å². The Balaban J connectivity index is 2.13. The topological polar surface area (TPSA) is 79.1 Å². The van der Waals surface area contributed by atoms with Crippen molar-refractivity contribution in [1.29, 1.82) is 0 Å². The fourth-order valence-electron chi connectivity index (χ4n) is 2.17. The van der Waals surface area contributed by atoms with Crippen molar-refractivity contribution in [2.75, 3.05) is 5.73 Å². The molecule has 1 heterocycles. The van der Waals surface area contributed by atoms with Crippen LogP contribution in [0.4, 0.5) is 5.69 Å². The molecule has 0 aliphatic rings. The molecule has 4 heteroatoms. The van der Waals surface area contributed by atoms with Crippen molar-refractivity contribution in [3.8, 4) is 11.1 Å². The zero-order valence-electron chi connectivity index (χ0n) is 10.1. The number of rotatable bonds is 2. The van der Waals surface area contributed by atoms with Gasteiger partial charge in [0.05, 0.1) is 5.56 Å². The molecule has 0 aliphatic carbocycles. The van der Waals surface area contributed by atoms with E-state index in [-0.39, 0.29) is 5.56 Å². The minimum atomic E-state index is -0.922. The van der Waals surface area contributed by atoms with Crippen LogP contribution < -0.4 is 5.73 Å². The highest BCUT2D eigenvalue weighted by Gasteiger charge is 2.08. The number of aromatic nitrogens is 1. The fraction of sp³-hybridized carbons (Fsp3) is 0. The zero-order chi connectivity index (χ0) is 13.4. The minimum absolute atomic E-state index is 0.281. The first-order valence-corrected chi connectivity index (χ1v) is 5.85. The number of carboxylic acid groups (broad SMARTS) is 1. The number of nitrogens with two attached hydrogens (primary N) is 1. The number of H-pyrrole nitrogens is 1. The highest BCUT2D eigenvalue weighted by Crippen LogP contribution is 2.30. The molecule has 2 aromatic carbocycles. The Morgan fingerprint density at radius 1 is 1.11 bits per heavy atom. The number of hydrogen-bond acceptors (Lipinski definition) is 2. The summed E-state index contributed by atoms with van der Waals surface area (Å²) < 4.78 is 0. The van der Waals surface area contributed by atoms with Crippen LogP contribution in [0.5, 0.6) is 0 Å². The third-order valence-corrected chi connectivity index (χ3v) is 3.15. The summed E-state index contributed by atoms with van der Waals surface area (Å²) in [7, 11) is 0. The van der Waals surface area contributed by atoms with Crippen LogP contribution in [0.25, 0.3) is 22.0 Å². The SMILES string of the molecule is Nc1ccc2[nH]cc(-c3ccc(C(=O)O)cc3)c2c1. The molecular formula is C15H12N2O2. The largest absolute Gasteiger partial charge is 0.478 e. The van der Waals surface area contributed by atoms with Crippen LogP contribution >= 0.6 is 0 Å². The van der Waals surface area contributed by atoms with Crippen molar-refractivity contribution in [3.05, 3.63) is 54.2 Å². The van der Waals surface area contributed by atoms with Gasteiger partial charge in [-0.3, -0.25) is 0 Å². The summed E-state index contributed by atoms with van der Waals surface area (Å²) in [4.78, 5) is 14.0. The average molecular weight is 252 g/mol. The van der Waals surface area contributed by atoms with E-state index in [0.717, 1.165) is 22.0 Å². The molecule has 0 bridgehead atoms. The van der Waals surface area contributed by atoms with E-state index in [1.165, 1.54) is 0 Å². The summed E-state index contributed by atoms with van der Waals surface area (Å²) in [5.74, 6) is -0.922. The van der Waals surface area contributed by atoms with Gasteiger partial charge >= 0.3 is 5.97 Å². The van der Waals surface area contributed by atoms with Crippen LogP contribution in [0.3, 0.4) is 0 Å². The lowest BCUT2D eigenvalue weighted by Crippen LogP contribution is -1.94. The molecule has 1 aromatic heterocycles. The number of hydrogen-bond donors (Lipinski definition) is 3. The molecule has 0 unspecified atom stereocenters. The zero-order valence-corrected chi connectivity index (χ0v) is 10.1. The van der Waals surface area contributed by atoms with E-state index in [4.69, 9.17) is 10.8 Å². The maximum atomic E-state index is 10.8. The molecule has 0 spiro atoms. The Hall–Kier alpha value is -2.75. The number of aromatic amines is 1. The maximum Gasteiger partial charge on any atom is 0.335 e. The second-order valence-electron chi connectivity index (χ2n) is 4.39. The standard InChI is InChI=1S/C15H12N2O2/c16-11-5-6-14-12(7-11)13(8-17-14)9-1-3-10(4-2-9)15(18)19/h1-8,17H,16H2,(H,18,19). The summed E-state index contributed by atoms with van der Waals surface area (Å²) in [6, 6.07) is 12.5. The average Bonchev–Trinajstić information content (AvgIpc) is 2.81. The molecule has 3 rings (SSSR count). The van der Waals surface area contributed by atoms with E-state index >= 15 is 0 Å².